The lowest BCUT2D eigenvalue weighted by atomic mass is 9.88. The number of nitrogens with one attached hydrogen (secondary N) is 1. The van der Waals surface area contributed by atoms with Crippen LogP contribution >= 0.6 is 0 Å². The van der Waals surface area contributed by atoms with Crippen molar-refractivity contribution in [2.45, 2.75) is 27.2 Å². The van der Waals surface area contributed by atoms with E-state index in [0.29, 0.717) is 24.3 Å². The Morgan fingerprint density at radius 3 is 2.65 bits per heavy atom. The molecule has 0 amide bonds. The van der Waals surface area contributed by atoms with Crippen LogP contribution < -0.4 is 10.5 Å². The van der Waals surface area contributed by atoms with Gasteiger partial charge in [-0.1, -0.05) is 19.9 Å². The van der Waals surface area contributed by atoms with Gasteiger partial charge < -0.3 is 10.5 Å². The second-order valence-electron chi connectivity index (χ2n) is 4.81. The third-order valence-corrected chi connectivity index (χ3v) is 2.87. The first-order valence-electron chi connectivity index (χ1n) is 5.56. The molecule has 0 saturated carbocycles. The smallest absolute Gasteiger partial charge is 0.129 e. The lowest BCUT2D eigenvalue weighted by molar-refractivity contribution is 0.267. The molecule has 0 aliphatic rings. The predicted octanol–water partition coefficient (Wildman–Crippen LogP) is 2.87. The fourth-order valence-corrected chi connectivity index (χ4v) is 1.22. The Hall–Kier alpha value is -1.58. The summed E-state index contributed by atoms with van der Waals surface area (Å²) in [5.74, 6) is 0.372. The van der Waals surface area contributed by atoms with Crippen LogP contribution in [0.2, 0.25) is 0 Å². The zero-order valence-electron chi connectivity index (χ0n) is 10.5. The van der Waals surface area contributed by atoms with Crippen LogP contribution in [0, 0.1) is 23.6 Å². The second kappa shape index (κ2) is 5.17. The molecule has 1 aromatic carbocycles. The fraction of sp³-hybridized carbons (Fsp3) is 0.462. The number of ether oxygens (including phenoxy) is 1. The Bertz CT molecular complexity index is 416. The first-order chi connectivity index (χ1) is 7.83. The molecular formula is C13H19FN2O. The number of rotatable bonds is 5. The number of aryl methyl sites for hydroxylation is 1. The summed E-state index contributed by atoms with van der Waals surface area (Å²) in [6.07, 6.45) is 0.623. The molecule has 3 nitrogen and oxygen atoms in total. The molecule has 0 heterocycles. The maximum Gasteiger partial charge on any atom is 0.129 e. The van der Waals surface area contributed by atoms with Crippen LogP contribution in [-0.4, -0.2) is 12.4 Å². The van der Waals surface area contributed by atoms with E-state index in [0.717, 1.165) is 0 Å². The van der Waals surface area contributed by atoms with Gasteiger partial charge in [0.15, 0.2) is 0 Å². The number of hydrogen-bond donors (Lipinski definition) is 2. The molecule has 0 bridgehead atoms. The summed E-state index contributed by atoms with van der Waals surface area (Å²) in [5.41, 5.74) is 5.67. The monoisotopic (exact) mass is 238 g/mol. The average molecular weight is 238 g/mol. The molecule has 3 N–H and O–H groups in total. The lowest BCUT2D eigenvalue weighted by Gasteiger charge is -2.22. The third kappa shape index (κ3) is 3.73. The van der Waals surface area contributed by atoms with Gasteiger partial charge in [0, 0.05) is 11.5 Å². The summed E-state index contributed by atoms with van der Waals surface area (Å²) in [6, 6.07) is 4.79. The van der Waals surface area contributed by atoms with Crippen molar-refractivity contribution < 1.29 is 9.13 Å². The van der Waals surface area contributed by atoms with E-state index in [-0.39, 0.29) is 17.1 Å². The molecule has 0 unspecified atom stereocenters. The molecule has 1 aromatic rings. The number of hydrogen-bond acceptors (Lipinski definition) is 2. The molecule has 0 atom stereocenters. The van der Waals surface area contributed by atoms with Crippen LogP contribution in [0.5, 0.6) is 5.75 Å². The zero-order valence-corrected chi connectivity index (χ0v) is 10.5. The quantitative estimate of drug-likeness (QED) is 0.612. The zero-order chi connectivity index (χ0) is 13.1. The van der Waals surface area contributed by atoms with E-state index in [9.17, 15) is 4.39 Å². The lowest BCUT2D eigenvalue weighted by Crippen LogP contribution is -2.32. The molecule has 0 spiro atoms. The molecule has 0 saturated heterocycles. The van der Waals surface area contributed by atoms with E-state index in [1.54, 1.807) is 19.1 Å². The summed E-state index contributed by atoms with van der Waals surface area (Å²) >= 11 is 0. The summed E-state index contributed by atoms with van der Waals surface area (Å²) in [6.45, 7) is 5.88. The minimum absolute atomic E-state index is 0.135. The Morgan fingerprint density at radius 2 is 2.12 bits per heavy atom. The van der Waals surface area contributed by atoms with Crippen molar-refractivity contribution in [2.24, 2.45) is 11.1 Å². The molecule has 4 heteroatoms. The largest absolute Gasteiger partial charge is 0.493 e. The van der Waals surface area contributed by atoms with Crippen molar-refractivity contribution in [3.8, 4) is 5.75 Å². The SMILES string of the molecule is Cc1ccc(OCCC(C)(C)C(=N)N)cc1F. The molecule has 94 valence electrons. The first-order valence-corrected chi connectivity index (χ1v) is 5.56. The number of halogens is 1. The first kappa shape index (κ1) is 13.5. The molecule has 0 fully saturated rings. The third-order valence-electron chi connectivity index (χ3n) is 2.87. The van der Waals surface area contributed by atoms with Gasteiger partial charge in [-0.25, -0.2) is 4.39 Å². The van der Waals surface area contributed by atoms with Gasteiger partial charge in [0.1, 0.15) is 11.6 Å². The summed E-state index contributed by atoms with van der Waals surface area (Å²) in [5, 5.41) is 7.40. The number of nitrogens with two attached hydrogens (primary N) is 1. The van der Waals surface area contributed by atoms with Crippen molar-refractivity contribution in [2.75, 3.05) is 6.61 Å². The van der Waals surface area contributed by atoms with Crippen molar-refractivity contribution in [1.29, 1.82) is 5.41 Å². The van der Waals surface area contributed by atoms with Gasteiger partial charge in [0.2, 0.25) is 0 Å². The van der Waals surface area contributed by atoms with E-state index >= 15 is 0 Å². The van der Waals surface area contributed by atoms with Crippen LogP contribution in [0.4, 0.5) is 4.39 Å². The molecule has 17 heavy (non-hydrogen) atoms. The Morgan fingerprint density at radius 1 is 1.47 bits per heavy atom. The summed E-state index contributed by atoms with van der Waals surface area (Å²) < 4.78 is 18.7. The summed E-state index contributed by atoms with van der Waals surface area (Å²) in [7, 11) is 0. The number of amidine groups is 1. The number of benzene rings is 1. The topological polar surface area (TPSA) is 59.1 Å². The van der Waals surface area contributed by atoms with Crippen LogP contribution in [0.1, 0.15) is 25.8 Å². The van der Waals surface area contributed by atoms with E-state index in [2.05, 4.69) is 0 Å². The van der Waals surface area contributed by atoms with Crippen LogP contribution in [0.3, 0.4) is 0 Å². The van der Waals surface area contributed by atoms with Gasteiger partial charge in [-0.2, -0.15) is 0 Å². The van der Waals surface area contributed by atoms with Gasteiger partial charge in [-0.15, -0.1) is 0 Å². The molecule has 0 aliphatic heterocycles. The van der Waals surface area contributed by atoms with Crippen molar-refractivity contribution >= 4 is 5.84 Å². The molecular weight excluding hydrogens is 219 g/mol. The van der Waals surface area contributed by atoms with E-state index < -0.39 is 0 Å². The average Bonchev–Trinajstić information content (AvgIpc) is 2.23. The van der Waals surface area contributed by atoms with Crippen molar-refractivity contribution in [3.05, 3.63) is 29.6 Å². The van der Waals surface area contributed by atoms with Crippen LogP contribution in [0.15, 0.2) is 18.2 Å². The van der Waals surface area contributed by atoms with Crippen LogP contribution in [0.25, 0.3) is 0 Å². The maximum absolute atomic E-state index is 13.2. The van der Waals surface area contributed by atoms with Gasteiger partial charge in [0.25, 0.3) is 0 Å². The van der Waals surface area contributed by atoms with Crippen LogP contribution in [-0.2, 0) is 0 Å². The Labute approximate surface area is 101 Å². The maximum atomic E-state index is 13.2. The summed E-state index contributed by atoms with van der Waals surface area (Å²) in [4.78, 5) is 0. The van der Waals surface area contributed by atoms with E-state index in [1.165, 1.54) is 6.07 Å². The minimum Gasteiger partial charge on any atom is -0.493 e. The molecule has 0 aliphatic carbocycles. The molecule has 0 aromatic heterocycles. The highest BCUT2D eigenvalue weighted by molar-refractivity contribution is 5.82. The van der Waals surface area contributed by atoms with Gasteiger partial charge in [-0.05, 0) is 25.0 Å². The van der Waals surface area contributed by atoms with Gasteiger partial charge in [-0.3, -0.25) is 5.41 Å². The highest BCUT2D eigenvalue weighted by Crippen LogP contribution is 2.21. The van der Waals surface area contributed by atoms with E-state index in [4.69, 9.17) is 15.9 Å². The Balaban J connectivity index is 2.51. The van der Waals surface area contributed by atoms with Gasteiger partial charge >= 0.3 is 0 Å². The second-order valence-corrected chi connectivity index (χ2v) is 4.81. The van der Waals surface area contributed by atoms with Crippen molar-refractivity contribution in [1.82, 2.24) is 0 Å². The normalized spacial score (nSPS) is 11.3. The standard InChI is InChI=1S/C13H19FN2O/c1-9-4-5-10(8-11(9)14)17-7-6-13(2,3)12(15)16/h4-5,8H,6-7H2,1-3H3,(H3,15,16). The highest BCUT2D eigenvalue weighted by atomic mass is 19.1. The predicted molar refractivity (Wildman–Crippen MR) is 66.9 cm³/mol. The molecule has 0 radical (unpaired) electrons. The van der Waals surface area contributed by atoms with E-state index in [1.807, 2.05) is 13.8 Å². The van der Waals surface area contributed by atoms with Crippen molar-refractivity contribution in [3.63, 3.8) is 0 Å². The Kier molecular flexibility index (Phi) is 4.10. The molecule has 1 rings (SSSR count). The fourth-order valence-electron chi connectivity index (χ4n) is 1.22. The highest BCUT2D eigenvalue weighted by Gasteiger charge is 2.21. The van der Waals surface area contributed by atoms with Gasteiger partial charge in [0.05, 0.1) is 12.4 Å². The minimum atomic E-state index is -0.386.